The summed E-state index contributed by atoms with van der Waals surface area (Å²) in [6.07, 6.45) is 3.55. The summed E-state index contributed by atoms with van der Waals surface area (Å²) in [7, 11) is 1.76. The summed E-state index contributed by atoms with van der Waals surface area (Å²) in [5, 5.41) is 6.89. The number of hydrogen-bond acceptors (Lipinski definition) is 6. The van der Waals surface area contributed by atoms with E-state index in [1.54, 1.807) is 7.05 Å². The summed E-state index contributed by atoms with van der Waals surface area (Å²) in [5.74, 6) is 0.994. The summed E-state index contributed by atoms with van der Waals surface area (Å²) < 4.78 is 5.50. The first-order valence-electron chi connectivity index (χ1n) is 7.91. The minimum absolute atomic E-state index is 0.0757. The molecule has 5 nitrogen and oxygen atoms in total. The van der Waals surface area contributed by atoms with Gasteiger partial charge in [0, 0.05) is 25.6 Å². The van der Waals surface area contributed by atoms with Crippen LogP contribution in [0.1, 0.15) is 18.1 Å². The third-order valence-corrected chi connectivity index (χ3v) is 5.24. The van der Waals surface area contributed by atoms with E-state index in [4.69, 9.17) is 4.74 Å². The number of hydrogen-bond donors (Lipinski definition) is 2. The van der Waals surface area contributed by atoms with E-state index in [0.29, 0.717) is 23.6 Å². The molecule has 3 rings (SSSR count). The summed E-state index contributed by atoms with van der Waals surface area (Å²) >= 11 is 1.29. The molecule has 126 valence electrons. The molecular formula is C18H20N2O3S. The van der Waals surface area contributed by atoms with Crippen molar-refractivity contribution in [1.29, 1.82) is 0 Å². The van der Waals surface area contributed by atoms with E-state index in [0.717, 1.165) is 34.6 Å². The van der Waals surface area contributed by atoms with Gasteiger partial charge in [-0.15, -0.1) is 0 Å². The Kier molecular flexibility index (Phi) is 5.06. The van der Waals surface area contributed by atoms with Crippen LogP contribution in [-0.2, 0) is 16.0 Å². The molecule has 2 aliphatic heterocycles. The van der Waals surface area contributed by atoms with Crippen molar-refractivity contribution in [3.05, 3.63) is 44.8 Å². The maximum atomic E-state index is 12.2. The Morgan fingerprint density at radius 2 is 2.29 bits per heavy atom. The van der Waals surface area contributed by atoms with Crippen molar-refractivity contribution >= 4 is 29.9 Å². The molecule has 2 aliphatic rings. The number of rotatable bonds is 5. The van der Waals surface area contributed by atoms with Gasteiger partial charge in [0.25, 0.3) is 0 Å². The molecule has 1 fully saturated rings. The van der Waals surface area contributed by atoms with Gasteiger partial charge < -0.3 is 15.4 Å². The Morgan fingerprint density at radius 1 is 1.46 bits per heavy atom. The number of aldehydes is 1. The molecule has 0 aromatic heterocycles. The highest BCUT2D eigenvalue weighted by Gasteiger charge is 2.28. The van der Waals surface area contributed by atoms with Crippen LogP contribution in [0.25, 0.3) is 6.08 Å². The van der Waals surface area contributed by atoms with E-state index in [2.05, 4.69) is 10.6 Å². The lowest BCUT2D eigenvalue weighted by Crippen LogP contribution is -2.22. The molecule has 0 radical (unpaired) electrons. The average molecular weight is 344 g/mol. The molecule has 1 saturated heterocycles. The molecule has 2 heterocycles. The quantitative estimate of drug-likeness (QED) is 0.628. The third-order valence-electron chi connectivity index (χ3n) is 4.14. The Balaban J connectivity index is 1.84. The number of allylic oxidation sites excluding steroid dienone is 1. The van der Waals surface area contributed by atoms with Gasteiger partial charge in [0.05, 0.1) is 22.6 Å². The number of nitrogens with one attached hydrogen (secondary N) is 2. The zero-order chi connectivity index (χ0) is 17.1. The number of carbonyl (C=O) groups excluding carboxylic acids is 2. The van der Waals surface area contributed by atoms with Crippen molar-refractivity contribution in [3.63, 3.8) is 0 Å². The second-order valence-electron chi connectivity index (χ2n) is 5.76. The largest absolute Gasteiger partial charge is 0.493 e. The summed E-state index contributed by atoms with van der Waals surface area (Å²) in [5.41, 5.74) is 2.82. The maximum Gasteiger partial charge on any atom is 0.179 e. The molecule has 1 aromatic carbocycles. The van der Waals surface area contributed by atoms with Crippen molar-refractivity contribution in [2.45, 2.75) is 19.4 Å². The van der Waals surface area contributed by atoms with Crippen LogP contribution in [0.15, 0.2) is 33.7 Å². The maximum absolute atomic E-state index is 12.2. The third kappa shape index (κ3) is 3.39. The average Bonchev–Trinajstić information content (AvgIpc) is 3.18. The second-order valence-corrected chi connectivity index (χ2v) is 6.84. The molecule has 1 unspecified atom stereocenters. The Hall–Kier alpha value is -2.05. The van der Waals surface area contributed by atoms with Crippen LogP contribution in [0.2, 0.25) is 0 Å². The standard InChI is InChI=1S/C18H20N2O3S/c1-11-17(22)15(9-20-11)18(19-2)24-14(10-21)8-12-3-4-16-13(7-12)5-6-23-16/h3-4,7-8,10-11,19-20H,5-6,9H2,1-2H3/b14-8-,18-15+. The predicted octanol–water partition coefficient (Wildman–Crippen LogP) is 1.89. The Morgan fingerprint density at radius 3 is 2.96 bits per heavy atom. The molecule has 1 atom stereocenters. The van der Waals surface area contributed by atoms with E-state index in [-0.39, 0.29) is 11.8 Å². The topological polar surface area (TPSA) is 67.4 Å². The van der Waals surface area contributed by atoms with Gasteiger partial charge in [-0.2, -0.15) is 0 Å². The molecular weight excluding hydrogens is 324 g/mol. The van der Waals surface area contributed by atoms with Gasteiger partial charge in [-0.3, -0.25) is 9.59 Å². The van der Waals surface area contributed by atoms with Crippen molar-refractivity contribution in [3.8, 4) is 5.75 Å². The molecule has 24 heavy (non-hydrogen) atoms. The fraction of sp³-hybridized carbons (Fsp3) is 0.333. The van der Waals surface area contributed by atoms with E-state index in [9.17, 15) is 9.59 Å². The zero-order valence-corrected chi connectivity index (χ0v) is 14.5. The van der Waals surface area contributed by atoms with Gasteiger partial charge in [0.1, 0.15) is 5.75 Å². The van der Waals surface area contributed by atoms with Gasteiger partial charge in [-0.05, 0) is 36.3 Å². The number of thioether (sulfide) groups is 1. The van der Waals surface area contributed by atoms with Crippen LogP contribution in [-0.4, -0.2) is 38.3 Å². The SMILES string of the molecule is CN/C(S/C(C=O)=C\c1ccc2c(c1)CCO2)=C1/CNC(C)C1=O. The van der Waals surface area contributed by atoms with Crippen molar-refractivity contribution in [2.75, 3.05) is 20.2 Å². The fourth-order valence-electron chi connectivity index (χ4n) is 2.82. The first-order valence-corrected chi connectivity index (χ1v) is 8.73. The van der Waals surface area contributed by atoms with Crippen LogP contribution in [0, 0.1) is 0 Å². The first kappa shape index (κ1) is 16.8. The highest BCUT2D eigenvalue weighted by atomic mass is 32.2. The minimum Gasteiger partial charge on any atom is -0.493 e. The van der Waals surface area contributed by atoms with Crippen LogP contribution in [0.4, 0.5) is 0 Å². The van der Waals surface area contributed by atoms with Gasteiger partial charge in [-0.25, -0.2) is 0 Å². The molecule has 0 amide bonds. The number of Topliss-reactive ketones (excluding diaryl/α,β-unsaturated/α-hetero) is 1. The number of ketones is 1. The summed E-state index contributed by atoms with van der Waals surface area (Å²) in [4.78, 5) is 24.2. The number of carbonyl (C=O) groups is 2. The van der Waals surface area contributed by atoms with Gasteiger partial charge in [-0.1, -0.05) is 17.8 Å². The van der Waals surface area contributed by atoms with E-state index >= 15 is 0 Å². The lowest BCUT2D eigenvalue weighted by molar-refractivity contribution is -0.115. The lowest BCUT2D eigenvalue weighted by atomic mass is 10.1. The van der Waals surface area contributed by atoms with Crippen LogP contribution >= 0.6 is 11.8 Å². The van der Waals surface area contributed by atoms with E-state index in [1.165, 1.54) is 11.8 Å². The van der Waals surface area contributed by atoms with Crippen molar-refractivity contribution in [1.82, 2.24) is 10.6 Å². The fourth-order valence-corrected chi connectivity index (χ4v) is 3.69. The molecule has 2 N–H and O–H groups in total. The highest BCUT2D eigenvalue weighted by molar-refractivity contribution is 8.07. The van der Waals surface area contributed by atoms with E-state index in [1.807, 2.05) is 31.2 Å². The zero-order valence-electron chi connectivity index (χ0n) is 13.7. The van der Waals surface area contributed by atoms with Crippen molar-refractivity contribution < 1.29 is 14.3 Å². The Bertz CT molecular complexity index is 740. The predicted molar refractivity (Wildman–Crippen MR) is 95.8 cm³/mol. The first-order chi connectivity index (χ1) is 11.6. The molecule has 0 spiro atoms. The number of fused-ring (bicyclic) bond motifs is 1. The molecule has 0 bridgehead atoms. The highest BCUT2D eigenvalue weighted by Crippen LogP contribution is 2.30. The smallest absolute Gasteiger partial charge is 0.179 e. The monoisotopic (exact) mass is 344 g/mol. The second kappa shape index (κ2) is 7.23. The van der Waals surface area contributed by atoms with Crippen LogP contribution in [0.3, 0.4) is 0 Å². The molecule has 0 aliphatic carbocycles. The number of benzene rings is 1. The van der Waals surface area contributed by atoms with Crippen molar-refractivity contribution in [2.24, 2.45) is 0 Å². The van der Waals surface area contributed by atoms with Gasteiger partial charge in [0.15, 0.2) is 12.1 Å². The normalized spacial score (nSPS) is 22.2. The molecule has 1 aromatic rings. The summed E-state index contributed by atoms with van der Waals surface area (Å²) in [6.45, 7) is 3.07. The summed E-state index contributed by atoms with van der Waals surface area (Å²) in [6, 6.07) is 5.74. The number of ether oxygens (including phenoxy) is 1. The lowest BCUT2D eigenvalue weighted by Gasteiger charge is -2.09. The van der Waals surface area contributed by atoms with Crippen LogP contribution in [0.5, 0.6) is 5.75 Å². The van der Waals surface area contributed by atoms with Crippen LogP contribution < -0.4 is 15.4 Å². The van der Waals surface area contributed by atoms with Gasteiger partial charge in [0.2, 0.25) is 0 Å². The van der Waals surface area contributed by atoms with E-state index < -0.39 is 0 Å². The minimum atomic E-state index is -0.177. The molecule has 6 heteroatoms. The Labute approximate surface area is 145 Å². The van der Waals surface area contributed by atoms with Gasteiger partial charge >= 0.3 is 0 Å². The molecule has 0 saturated carbocycles.